The zero-order chi connectivity index (χ0) is 10.8. The molecular formula is C10H19N3O. The second-order valence-corrected chi connectivity index (χ2v) is 4.73. The highest BCUT2D eigenvalue weighted by molar-refractivity contribution is 4.87. The van der Waals surface area contributed by atoms with E-state index in [1.165, 1.54) is 0 Å². The van der Waals surface area contributed by atoms with Gasteiger partial charge in [0.15, 0.2) is 5.82 Å². The van der Waals surface area contributed by atoms with Gasteiger partial charge in [-0.2, -0.15) is 4.98 Å². The summed E-state index contributed by atoms with van der Waals surface area (Å²) in [5.74, 6) is 1.40. The molecule has 4 nitrogen and oxygen atoms in total. The smallest absolute Gasteiger partial charge is 0.228 e. The van der Waals surface area contributed by atoms with E-state index in [1.54, 1.807) is 0 Å². The third kappa shape index (κ3) is 3.87. The Bertz CT molecular complexity index is 288. The molecule has 0 amide bonds. The van der Waals surface area contributed by atoms with E-state index in [4.69, 9.17) is 4.52 Å². The van der Waals surface area contributed by atoms with Crippen LogP contribution in [0, 0.1) is 6.92 Å². The van der Waals surface area contributed by atoms with Gasteiger partial charge in [0.2, 0.25) is 5.89 Å². The Labute approximate surface area is 85.1 Å². The topological polar surface area (TPSA) is 51.0 Å². The minimum Gasteiger partial charge on any atom is -0.339 e. The highest BCUT2D eigenvalue weighted by Gasteiger charge is 2.15. The minimum absolute atomic E-state index is 0.120. The lowest BCUT2D eigenvalue weighted by Gasteiger charge is -2.25. The van der Waals surface area contributed by atoms with Crippen LogP contribution in [0.15, 0.2) is 4.52 Å². The molecule has 0 spiro atoms. The molecule has 0 aliphatic heterocycles. The van der Waals surface area contributed by atoms with Gasteiger partial charge in [0, 0.05) is 18.0 Å². The van der Waals surface area contributed by atoms with E-state index < -0.39 is 0 Å². The van der Waals surface area contributed by atoms with Crippen molar-refractivity contribution in [3.63, 3.8) is 0 Å². The van der Waals surface area contributed by atoms with E-state index in [0.717, 1.165) is 6.42 Å². The second-order valence-electron chi connectivity index (χ2n) is 4.73. The van der Waals surface area contributed by atoms with Crippen molar-refractivity contribution in [3.05, 3.63) is 11.7 Å². The van der Waals surface area contributed by atoms with Gasteiger partial charge in [0.05, 0.1) is 0 Å². The molecule has 1 rings (SSSR count). The summed E-state index contributed by atoms with van der Waals surface area (Å²) in [6.07, 6.45) is 0.776. The third-order valence-corrected chi connectivity index (χ3v) is 1.73. The molecule has 1 aromatic heterocycles. The van der Waals surface area contributed by atoms with E-state index in [1.807, 2.05) is 6.92 Å². The maximum absolute atomic E-state index is 5.05. The van der Waals surface area contributed by atoms with Gasteiger partial charge in [-0.1, -0.05) is 5.16 Å². The first-order valence-corrected chi connectivity index (χ1v) is 4.94. The number of aromatic nitrogens is 2. The van der Waals surface area contributed by atoms with Crippen molar-refractivity contribution in [1.82, 2.24) is 15.5 Å². The molecule has 0 aromatic carbocycles. The molecule has 0 fully saturated rings. The monoisotopic (exact) mass is 197 g/mol. The van der Waals surface area contributed by atoms with E-state index in [-0.39, 0.29) is 5.54 Å². The van der Waals surface area contributed by atoms with Crippen molar-refractivity contribution in [2.45, 2.75) is 52.6 Å². The van der Waals surface area contributed by atoms with Gasteiger partial charge >= 0.3 is 0 Å². The van der Waals surface area contributed by atoms with Crippen molar-refractivity contribution in [2.24, 2.45) is 0 Å². The minimum atomic E-state index is 0.120. The summed E-state index contributed by atoms with van der Waals surface area (Å²) >= 11 is 0. The Hall–Kier alpha value is -0.900. The van der Waals surface area contributed by atoms with Crippen LogP contribution in [0.2, 0.25) is 0 Å². The van der Waals surface area contributed by atoms with Crippen LogP contribution >= 0.6 is 0 Å². The first-order chi connectivity index (χ1) is 6.37. The molecule has 0 bridgehead atoms. The van der Waals surface area contributed by atoms with E-state index >= 15 is 0 Å². The van der Waals surface area contributed by atoms with Crippen LogP contribution in [0.1, 0.15) is 39.4 Å². The van der Waals surface area contributed by atoms with Gasteiger partial charge in [0.25, 0.3) is 0 Å². The van der Waals surface area contributed by atoms with Gasteiger partial charge in [-0.25, -0.2) is 0 Å². The zero-order valence-corrected chi connectivity index (χ0v) is 9.59. The Morgan fingerprint density at radius 2 is 2.07 bits per heavy atom. The van der Waals surface area contributed by atoms with Crippen LogP contribution in [0.3, 0.4) is 0 Å². The summed E-state index contributed by atoms with van der Waals surface area (Å²) < 4.78 is 5.05. The molecule has 0 saturated heterocycles. The van der Waals surface area contributed by atoms with Gasteiger partial charge < -0.3 is 9.84 Å². The summed E-state index contributed by atoms with van der Waals surface area (Å²) in [5.41, 5.74) is 0.120. The van der Waals surface area contributed by atoms with Crippen molar-refractivity contribution in [3.8, 4) is 0 Å². The lowest BCUT2D eigenvalue weighted by Crippen LogP contribution is -2.43. The lowest BCUT2D eigenvalue weighted by molar-refractivity contribution is 0.326. The third-order valence-electron chi connectivity index (χ3n) is 1.73. The molecule has 1 N–H and O–H groups in total. The normalized spacial score (nSPS) is 14.4. The average molecular weight is 197 g/mol. The largest absolute Gasteiger partial charge is 0.339 e. The first-order valence-electron chi connectivity index (χ1n) is 4.94. The van der Waals surface area contributed by atoms with E-state index in [0.29, 0.717) is 17.8 Å². The zero-order valence-electron chi connectivity index (χ0n) is 9.59. The number of hydrogen-bond donors (Lipinski definition) is 1. The lowest BCUT2D eigenvalue weighted by atomic mass is 10.1. The molecule has 80 valence electrons. The highest BCUT2D eigenvalue weighted by Crippen LogP contribution is 2.05. The molecule has 14 heavy (non-hydrogen) atoms. The van der Waals surface area contributed by atoms with Gasteiger partial charge in [-0.3, -0.25) is 0 Å². The molecular weight excluding hydrogens is 178 g/mol. The van der Waals surface area contributed by atoms with Crippen LogP contribution in [-0.4, -0.2) is 21.7 Å². The van der Waals surface area contributed by atoms with Crippen LogP contribution in [0.4, 0.5) is 0 Å². The Balaban J connectivity index is 2.45. The molecule has 1 atom stereocenters. The van der Waals surface area contributed by atoms with E-state index in [9.17, 15) is 0 Å². The molecule has 0 saturated carbocycles. The molecule has 0 radical (unpaired) electrons. The summed E-state index contributed by atoms with van der Waals surface area (Å²) in [4.78, 5) is 4.16. The Kier molecular flexibility index (Phi) is 3.26. The van der Waals surface area contributed by atoms with Crippen molar-refractivity contribution < 1.29 is 4.52 Å². The predicted molar refractivity (Wildman–Crippen MR) is 55.1 cm³/mol. The summed E-state index contributed by atoms with van der Waals surface area (Å²) in [5, 5.41) is 7.20. The summed E-state index contributed by atoms with van der Waals surface area (Å²) in [6.45, 7) is 10.4. The average Bonchev–Trinajstić information content (AvgIpc) is 2.30. The van der Waals surface area contributed by atoms with Crippen LogP contribution in [-0.2, 0) is 6.42 Å². The van der Waals surface area contributed by atoms with Gasteiger partial charge in [-0.05, 0) is 34.6 Å². The fraction of sp³-hybridized carbons (Fsp3) is 0.800. The SMILES string of the molecule is Cc1noc(C[C@@H](C)NC(C)(C)C)n1. The van der Waals surface area contributed by atoms with Crippen LogP contribution < -0.4 is 5.32 Å². The number of nitrogens with zero attached hydrogens (tertiary/aromatic N) is 2. The van der Waals surface area contributed by atoms with Gasteiger partial charge in [0.1, 0.15) is 0 Å². The van der Waals surface area contributed by atoms with Crippen molar-refractivity contribution in [2.75, 3.05) is 0 Å². The Morgan fingerprint density at radius 1 is 1.43 bits per heavy atom. The fourth-order valence-corrected chi connectivity index (χ4v) is 1.48. The quantitative estimate of drug-likeness (QED) is 0.801. The number of nitrogens with one attached hydrogen (secondary N) is 1. The fourth-order valence-electron chi connectivity index (χ4n) is 1.48. The summed E-state index contributed by atoms with van der Waals surface area (Å²) in [7, 11) is 0. The Morgan fingerprint density at radius 3 is 2.50 bits per heavy atom. The molecule has 0 aliphatic carbocycles. The van der Waals surface area contributed by atoms with Crippen LogP contribution in [0.25, 0.3) is 0 Å². The highest BCUT2D eigenvalue weighted by atomic mass is 16.5. The number of aryl methyl sites for hydroxylation is 1. The van der Waals surface area contributed by atoms with Gasteiger partial charge in [-0.15, -0.1) is 0 Å². The van der Waals surface area contributed by atoms with Crippen molar-refractivity contribution in [1.29, 1.82) is 0 Å². The first kappa shape index (κ1) is 11.2. The number of rotatable bonds is 3. The molecule has 1 aromatic rings. The second kappa shape index (κ2) is 4.09. The molecule has 0 unspecified atom stereocenters. The maximum Gasteiger partial charge on any atom is 0.228 e. The predicted octanol–water partition coefficient (Wildman–Crippen LogP) is 1.70. The van der Waals surface area contributed by atoms with E-state index in [2.05, 4.69) is 43.2 Å². The van der Waals surface area contributed by atoms with Crippen molar-refractivity contribution >= 4 is 0 Å². The van der Waals surface area contributed by atoms with Crippen LogP contribution in [0.5, 0.6) is 0 Å². The maximum atomic E-state index is 5.05. The number of hydrogen-bond acceptors (Lipinski definition) is 4. The summed E-state index contributed by atoms with van der Waals surface area (Å²) in [6, 6.07) is 0.342. The molecule has 0 aliphatic rings. The molecule has 4 heteroatoms. The standard InChI is InChI=1S/C10H19N3O/c1-7(12-10(3,4)5)6-9-11-8(2)13-14-9/h7,12H,6H2,1-5H3/t7-/m1/s1. The molecule has 1 heterocycles.